The van der Waals surface area contributed by atoms with Crippen LogP contribution in [0.1, 0.15) is 62.2 Å². The average Bonchev–Trinajstić information content (AvgIpc) is 2.90. The Labute approximate surface area is 184 Å². The molecule has 0 aromatic heterocycles. The molecule has 139 valence electrons. The van der Waals surface area contributed by atoms with E-state index in [0.717, 1.165) is 5.92 Å². The molecule has 4 rings (SSSR count). The van der Waals surface area contributed by atoms with Crippen LogP contribution >= 0.6 is 0 Å². The Morgan fingerprint density at radius 2 is 1.62 bits per heavy atom. The van der Waals surface area contributed by atoms with Gasteiger partial charge in [0.25, 0.3) is 0 Å². The van der Waals surface area contributed by atoms with Crippen molar-refractivity contribution in [1.29, 1.82) is 0 Å². The second kappa shape index (κ2) is 11.9. The number of carboxylic acid groups (broad SMARTS) is 1. The number of carbonyl (C=O) groups is 1. The van der Waals surface area contributed by atoms with Gasteiger partial charge in [0.1, 0.15) is 0 Å². The fraction of sp³-hybridized carbons (Fsp3) is 0.429. The van der Waals surface area contributed by atoms with Crippen LogP contribution in [0.15, 0.2) is 52.6 Å². The van der Waals surface area contributed by atoms with Gasteiger partial charge in [0.15, 0.2) is 0 Å². The molecule has 0 amide bonds. The van der Waals surface area contributed by atoms with E-state index in [-0.39, 0.29) is 46.5 Å². The minimum atomic E-state index is -0.879. The van der Waals surface area contributed by atoms with Crippen molar-refractivity contribution >= 4 is 5.97 Å². The third-order valence-electron chi connectivity index (χ3n) is 5.23. The van der Waals surface area contributed by atoms with Crippen LogP contribution in [0.4, 0.5) is 0 Å². The number of hydrogen-bond donors (Lipinski definition) is 1. The summed E-state index contributed by atoms with van der Waals surface area (Å²) in [5, 5.41) is 8.38. The number of hydrogen-bond acceptors (Lipinski definition) is 1. The second-order valence-corrected chi connectivity index (χ2v) is 6.63. The van der Waals surface area contributed by atoms with Crippen molar-refractivity contribution in [3.63, 3.8) is 0 Å². The molecular weight excluding hydrogens is 403 g/mol. The molecule has 1 atom stereocenters. The number of allylic oxidation sites excluding steroid dienone is 4. The van der Waals surface area contributed by atoms with Crippen molar-refractivity contribution in [2.24, 2.45) is 5.92 Å². The molecule has 1 aromatic rings. The molecule has 5 heteroatoms. The Morgan fingerprint density at radius 1 is 1.00 bits per heavy atom. The van der Waals surface area contributed by atoms with Gasteiger partial charge in [-0.3, -0.25) is 0 Å². The van der Waals surface area contributed by atoms with Crippen LogP contribution in [0, 0.1) is 12.3 Å². The Morgan fingerprint density at radius 3 is 2.23 bits per heavy atom. The molecule has 0 heterocycles. The third-order valence-corrected chi connectivity index (χ3v) is 5.23. The minimum Gasteiger partial charge on any atom is -1.00 e. The number of rotatable bonds is 1. The largest absolute Gasteiger partial charge is 3.00 e. The van der Waals surface area contributed by atoms with Gasteiger partial charge in [-0.2, -0.15) is 5.57 Å². The fourth-order valence-electron chi connectivity index (χ4n) is 4.09. The van der Waals surface area contributed by atoms with Crippen LogP contribution in [-0.2, 0) is 21.7 Å². The normalized spacial score (nSPS) is 20.0. The molecule has 0 spiro atoms. The zero-order valence-corrected chi connectivity index (χ0v) is 18.2. The van der Waals surface area contributed by atoms with Crippen molar-refractivity contribution in [2.75, 3.05) is 0 Å². The fourth-order valence-corrected chi connectivity index (χ4v) is 4.09. The van der Waals surface area contributed by atoms with Gasteiger partial charge in [0.2, 0.25) is 0 Å². The first-order valence-corrected chi connectivity index (χ1v) is 8.75. The van der Waals surface area contributed by atoms with Crippen molar-refractivity contribution in [1.82, 2.24) is 0 Å². The third kappa shape index (κ3) is 5.66. The molecule has 0 saturated heterocycles. The van der Waals surface area contributed by atoms with Crippen LogP contribution in [0.5, 0.6) is 0 Å². The predicted octanol–water partition coefficient (Wildman–Crippen LogP) is -0.418. The maximum atomic E-state index is 10.2. The predicted molar refractivity (Wildman–Crippen MR) is 93.2 cm³/mol. The summed E-state index contributed by atoms with van der Waals surface area (Å²) in [6.07, 6.45) is 12.2. The van der Waals surface area contributed by atoms with Gasteiger partial charge >= 0.3 is 27.7 Å². The van der Waals surface area contributed by atoms with E-state index in [1.165, 1.54) is 44.9 Å². The molecule has 3 aliphatic rings. The second-order valence-electron chi connectivity index (χ2n) is 6.63. The van der Waals surface area contributed by atoms with Gasteiger partial charge in [-0.1, -0.05) is 50.0 Å². The summed E-state index contributed by atoms with van der Waals surface area (Å²) in [5.74, 6) is -0.101. The first kappa shape index (κ1) is 25.3. The number of aromatic carboxylic acids is 1. The average molecular weight is 428 g/mol. The SMILES string of the molecule is CC1C2=C(CCC[CH-]2)C2=C1CCCC2.O=C(O)c1ccccc1.[Cl-].[Cl-].[Ti+3]. The van der Waals surface area contributed by atoms with Crippen molar-refractivity contribution < 1.29 is 56.4 Å². The Hall–Kier alpha value is -0.666. The summed E-state index contributed by atoms with van der Waals surface area (Å²) in [6, 6.07) is 8.30. The van der Waals surface area contributed by atoms with Gasteiger partial charge in [-0.05, 0) is 37.3 Å². The molecule has 2 nitrogen and oxygen atoms in total. The van der Waals surface area contributed by atoms with E-state index in [1.54, 1.807) is 52.6 Å². The number of halogens is 2. The molecule has 3 aliphatic carbocycles. The summed E-state index contributed by atoms with van der Waals surface area (Å²) < 4.78 is 0. The molecule has 26 heavy (non-hydrogen) atoms. The summed E-state index contributed by atoms with van der Waals surface area (Å²) >= 11 is 0. The maximum absolute atomic E-state index is 10.2. The van der Waals surface area contributed by atoms with Crippen LogP contribution in [0.3, 0.4) is 0 Å². The van der Waals surface area contributed by atoms with E-state index in [1.807, 2.05) is 0 Å². The van der Waals surface area contributed by atoms with E-state index in [4.69, 9.17) is 5.11 Å². The van der Waals surface area contributed by atoms with Crippen molar-refractivity contribution in [2.45, 2.75) is 51.9 Å². The Balaban J connectivity index is 0.000000466. The Bertz CT molecular complexity index is 621. The number of benzene rings is 1. The van der Waals surface area contributed by atoms with E-state index in [0.29, 0.717) is 5.56 Å². The number of carboxylic acids is 1. The maximum Gasteiger partial charge on any atom is 3.00 e. The molecule has 0 aliphatic heterocycles. The van der Waals surface area contributed by atoms with Gasteiger partial charge in [-0.15, -0.1) is 12.0 Å². The van der Waals surface area contributed by atoms with Crippen LogP contribution in [0.25, 0.3) is 0 Å². The van der Waals surface area contributed by atoms with Crippen molar-refractivity contribution in [3.05, 3.63) is 64.6 Å². The van der Waals surface area contributed by atoms with E-state index in [2.05, 4.69) is 13.3 Å². The van der Waals surface area contributed by atoms with Gasteiger partial charge in [0, 0.05) is 0 Å². The first-order valence-electron chi connectivity index (χ1n) is 8.75. The molecule has 0 fully saturated rings. The number of fused-ring (bicyclic) bond motifs is 1. The molecular formula is C21H25Cl2O2Ti. The Kier molecular flexibility index (Phi) is 11.6. The molecule has 1 N–H and O–H groups in total. The van der Waals surface area contributed by atoms with Gasteiger partial charge < -0.3 is 29.9 Å². The summed E-state index contributed by atoms with van der Waals surface area (Å²) in [4.78, 5) is 10.2. The molecule has 1 radical (unpaired) electrons. The van der Waals surface area contributed by atoms with E-state index >= 15 is 0 Å². The zero-order valence-electron chi connectivity index (χ0n) is 15.1. The minimum absolute atomic E-state index is 0. The zero-order chi connectivity index (χ0) is 16.2. The summed E-state index contributed by atoms with van der Waals surface area (Å²) in [6.45, 7) is 2.42. The summed E-state index contributed by atoms with van der Waals surface area (Å²) in [7, 11) is 0. The molecule has 0 saturated carbocycles. The molecule has 1 unspecified atom stereocenters. The molecule has 1 aromatic carbocycles. The van der Waals surface area contributed by atoms with E-state index < -0.39 is 5.97 Å². The van der Waals surface area contributed by atoms with Gasteiger partial charge in [0.05, 0.1) is 5.56 Å². The van der Waals surface area contributed by atoms with Gasteiger partial charge in [-0.25, -0.2) is 16.8 Å². The smallest absolute Gasteiger partial charge is 1.00 e. The van der Waals surface area contributed by atoms with Crippen molar-refractivity contribution in [3.8, 4) is 0 Å². The van der Waals surface area contributed by atoms with Crippen LogP contribution in [-0.4, -0.2) is 11.1 Å². The monoisotopic (exact) mass is 427 g/mol. The van der Waals surface area contributed by atoms with Crippen LogP contribution in [0.2, 0.25) is 0 Å². The first-order chi connectivity index (χ1) is 11.2. The summed E-state index contributed by atoms with van der Waals surface area (Å²) in [5.41, 5.74) is 7.40. The molecule has 0 bridgehead atoms. The quantitative estimate of drug-likeness (QED) is 0.488. The van der Waals surface area contributed by atoms with E-state index in [9.17, 15) is 4.79 Å². The van der Waals surface area contributed by atoms with Crippen LogP contribution < -0.4 is 24.8 Å². The standard InChI is InChI=1S/C14H19.C7H6O2.2ClH.Ti/c1-10-11-6-2-4-8-13(11)14-9-5-3-7-12(10)14;8-7(9)6-4-2-1-3-5-6;;;/h6,10H,2-5,7-9H2,1H3;1-5H,(H,8,9);2*1H;/q-1;;;;+3/p-2. The topological polar surface area (TPSA) is 37.3 Å².